The van der Waals surface area contributed by atoms with Crippen molar-refractivity contribution in [2.24, 2.45) is 0 Å². The summed E-state index contributed by atoms with van der Waals surface area (Å²) in [5.41, 5.74) is -2.79. The Morgan fingerprint density at radius 2 is 1.57 bits per heavy atom. The van der Waals surface area contributed by atoms with E-state index in [2.05, 4.69) is 4.74 Å². The zero-order valence-electron chi connectivity index (χ0n) is 11.8. The third kappa shape index (κ3) is 8.03. The van der Waals surface area contributed by atoms with E-state index in [4.69, 9.17) is 10.2 Å². The zero-order valence-corrected chi connectivity index (χ0v) is 11.8. The van der Waals surface area contributed by atoms with Crippen molar-refractivity contribution >= 4 is 23.9 Å². The first-order chi connectivity index (χ1) is 9.71. The van der Waals surface area contributed by atoms with E-state index in [0.717, 1.165) is 19.3 Å². The van der Waals surface area contributed by atoms with E-state index >= 15 is 0 Å². The highest BCUT2D eigenvalue weighted by molar-refractivity contribution is 5.92. The van der Waals surface area contributed by atoms with Crippen LogP contribution in [-0.4, -0.2) is 44.8 Å². The fourth-order valence-electron chi connectivity index (χ4n) is 1.61. The van der Waals surface area contributed by atoms with Gasteiger partial charge in [-0.1, -0.05) is 26.2 Å². The van der Waals surface area contributed by atoms with Crippen LogP contribution in [0.25, 0.3) is 0 Å². The molecule has 8 nitrogen and oxygen atoms in total. The molecule has 0 aliphatic carbocycles. The minimum atomic E-state index is -2.79. The second-order valence-electron chi connectivity index (χ2n) is 4.74. The maximum Gasteiger partial charge on any atom is 0.336 e. The lowest BCUT2D eigenvalue weighted by molar-refractivity contribution is -0.174. The average molecular weight is 304 g/mol. The van der Waals surface area contributed by atoms with Gasteiger partial charge in [0.1, 0.15) is 0 Å². The molecule has 0 fully saturated rings. The molecule has 3 N–H and O–H groups in total. The summed E-state index contributed by atoms with van der Waals surface area (Å²) < 4.78 is 4.36. The van der Waals surface area contributed by atoms with Gasteiger partial charge in [0.05, 0.1) is 12.8 Å². The molecular formula is C13H20O8. The number of unbranched alkanes of at least 4 members (excludes halogenated alkanes) is 3. The van der Waals surface area contributed by atoms with Gasteiger partial charge in [-0.25, -0.2) is 4.79 Å². The van der Waals surface area contributed by atoms with Crippen LogP contribution >= 0.6 is 0 Å². The fourth-order valence-corrected chi connectivity index (χ4v) is 1.61. The van der Waals surface area contributed by atoms with E-state index in [1.165, 1.54) is 0 Å². The van der Waals surface area contributed by atoms with Crippen molar-refractivity contribution in [3.8, 4) is 0 Å². The number of ether oxygens (including phenoxy) is 1. The van der Waals surface area contributed by atoms with E-state index in [-0.39, 0.29) is 6.42 Å². The quantitative estimate of drug-likeness (QED) is 0.304. The monoisotopic (exact) mass is 304 g/mol. The van der Waals surface area contributed by atoms with Gasteiger partial charge in [-0.05, 0) is 6.42 Å². The number of carboxylic acid groups (broad SMARTS) is 2. The van der Waals surface area contributed by atoms with Crippen LogP contribution < -0.4 is 0 Å². The molecule has 120 valence electrons. The summed E-state index contributed by atoms with van der Waals surface area (Å²) in [7, 11) is 0. The molecule has 0 aromatic carbocycles. The summed E-state index contributed by atoms with van der Waals surface area (Å²) in [5.74, 6) is -5.53. The minimum absolute atomic E-state index is 0.0101. The number of carboxylic acids is 2. The lowest BCUT2D eigenvalue weighted by atomic mass is 9.96. The van der Waals surface area contributed by atoms with Gasteiger partial charge in [0.2, 0.25) is 0 Å². The van der Waals surface area contributed by atoms with Crippen LogP contribution in [0.4, 0.5) is 0 Å². The Kier molecular flexibility index (Phi) is 8.22. The molecule has 0 amide bonds. The standard InChI is InChI=1S/C13H20O8/c1-2-3-4-5-6-10(16)21-11(17)8-13(20,12(18)19)7-9(14)15/h20H,2-8H2,1H3,(H,14,15)(H,18,19). The van der Waals surface area contributed by atoms with Crippen molar-refractivity contribution in [2.45, 2.75) is 57.5 Å². The number of esters is 2. The van der Waals surface area contributed by atoms with Gasteiger partial charge in [0.25, 0.3) is 0 Å². The molecule has 1 atom stereocenters. The predicted octanol–water partition coefficient (Wildman–Crippen LogP) is 0.707. The molecule has 0 bridgehead atoms. The van der Waals surface area contributed by atoms with Crippen LogP contribution in [0.15, 0.2) is 0 Å². The van der Waals surface area contributed by atoms with Gasteiger partial charge in [0, 0.05) is 6.42 Å². The van der Waals surface area contributed by atoms with Crippen molar-refractivity contribution in [1.29, 1.82) is 0 Å². The Morgan fingerprint density at radius 1 is 0.952 bits per heavy atom. The van der Waals surface area contributed by atoms with E-state index in [1.807, 2.05) is 6.92 Å². The summed E-state index contributed by atoms with van der Waals surface area (Å²) in [6.45, 7) is 2.00. The molecular weight excluding hydrogens is 284 g/mol. The highest BCUT2D eigenvalue weighted by atomic mass is 16.6. The molecule has 0 aliphatic rings. The Labute approximate surface area is 121 Å². The maximum atomic E-state index is 11.4. The largest absolute Gasteiger partial charge is 0.481 e. The number of aliphatic hydroxyl groups is 1. The molecule has 0 radical (unpaired) electrons. The SMILES string of the molecule is CCCCCCC(=O)OC(=O)CC(O)(CC(=O)O)C(=O)O. The molecule has 0 saturated heterocycles. The lowest BCUT2D eigenvalue weighted by Gasteiger charge is -2.19. The van der Waals surface area contributed by atoms with Crippen LogP contribution in [0.3, 0.4) is 0 Å². The molecule has 0 aromatic heterocycles. The average Bonchev–Trinajstić information content (AvgIpc) is 2.33. The van der Waals surface area contributed by atoms with E-state index in [0.29, 0.717) is 6.42 Å². The number of hydrogen-bond acceptors (Lipinski definition) is 6. The van der Waals surface area contributed by atoms with Gasteiger partial charge in [0.15, 0.2) is 5.60 Å². The number of hydrogen-bond donors (Lipinski definition) is 3. The Bertz CT molecular complexity index is 403. The number of carbonyl (C=O) groups is 4. The highest BCUT2D eigenvalue weighted by Crippen LogP contribution is 2.17. The molecule has 0 spiro atoms. The molecule has 0 aromatic rings. The van der Waals surface area contributed by atoms with Crippen molar-refractivity contribution in [3.63, 3.8) is 0 Å². The van der Waals surface area contributed by atoms with Crippen LogP contribution in [0.1, 0.15) is 51.9 Å². The van der Waals surface area contributed by atoms with Crippen molar-refractivity contribution in [2.75, 3.05) is 0 Å². The van der Waals surface area contributed by atoms with Crippen molar-refractivity contribution in [3.05, 3.63) is 0 Å². The number of aliphatic carboxylic acids is 2. The van der Waals surface area contributed by atoms with E-state index < -0.39 is 42.3 Å². The molecule has 0 rings (SSSR count). The van der Waals surface area contributed by atoms with E-state index in [1.54, 1.807) is 0 Å². The summed E-state index contributed by atoms with van der Waals surface area (Å²) in [6.07, 6.45) is 1.01. The zero-order chi connectivity index (χ0) is 16.5. The third-order valence-corrected chi connectivity index (χ3v) is 2.74. The van der Waals surface area contributed by atoms with Gasteiger partial charge >= 0.3 is 23.9 Å². The molecule has 0 aliphatic heterocycles. The molecule has 8 heteroatoms. The Hall–Kier alpha value is -1.96. The summed E-state index contributed by atoms with van der Waals surface area (Å²) in [5, 5.41) is 26.9. The van der Waals surface area contributed by atoms with Crippen LogP contribution in [0, 0.1) is 0 Å². The summed E-state index contributed by atoms with van der Waals surface area (Å²) >= 11 is 0. The smallest absolute Gasteiger partial charge is 0.336 e. The fraction of sp³-hybridized carbons (Fsp3) is 0.692. The second kappa shape index (κ2) is 9.06. The third-order valence-electron chi connectivity index (χ3n) is 2.74. The number of carbonyl (C=O) groups excluding carboxylic acids is 2. The molecule has 0 saturated carbocycles. The topological polar surface area (TPSA) is 138 Å². The molecule has 21 heavy (non-hydrogen) atoms. The summed E-state index contributed by atoms with van der Waals surface area (Å²) in [6, 6.07) is 0. The van der Waals surface area contributed by atoms with Gasteiger partial charge < -0.3 is 20.1 Å². The lowest BCUT2D eigenvalue weighted by Crippen LogP contribution is -2.43. The first-order valence-electron chi connectivity index (χ1n) is 6.62. The number of rotatable bonds is 10. The highest BCUT2D eigenvalue weighted by Gasteiger charge is 2.41. The normalized spacial score (nSPS) is 13.2. The van der Waals surface area contributed by atoms with Gasteiger partial charge in [-0.2, -0.15) is 0 Å². The van der Waals surface area contributed by atoms with Gasteiger partial charge in [-0.3, -0.25) is 14.4 Å². The molecule has 1 unspecified atom stereocenters. The Morgan fingerprint density at radius 3 is 2.05 bits per heavy atom. The first-order valence-corrected chi connectivity index (χ1v) is 6.62. The predicted molar refractivity (Wildman–Crippen MR) is 69.3 cm³/mol. The van der Waals surface area contributed by atoms with Crippen molar-refractivity contribution in [1.82, 2.24) is 0 Å². The Balaban J connectivity index is 4.35. The van der Waals surface area contributed by atoms with Crippen LogP contribution in [-0.2, 0) is 23.9 Å². The first kappa shape index (κ1) is 19.0. The van der Waals surface area contributed by atoms with E-state index in [9.17, 15) is 24.3 Å². The van der Waals surface area contributed by atoms with Gasteiger partial charge in [-0.15, -0.1) is 0 Å². The minimum Gasteiger partial charge on any atom is -0.481 e. The van der Waals surface area contributed by atoms with Crippen molar-refractivity contribution < 1.29 is 39.2 Å². The molecule has 0 heterocycles. The summed E-state index contributed by atoms with van der Waals surface area (Å²) in [4.78, 5) is 44.0. The van der Waals surface area contributed by atoms with Crippen LogP contribution in [0.2, 0.25) is 0 Å². The maximum absolute atomic E-state index is 11.4. The second-order valence-corrected chi connectivity index (χ2v) is 4.74. The van der Waals surface area contributed by atoms with Crippen LogP contribution in [0.5, 0.6) is 0 Å².